The van der Waals surface area contributed by atoms with Gasteiger partial charge in [0.2, 0.25) is 5.76 Å². The van der Waals surface area contributed by atoms with Crippen molar-refractivity contribution in [3.05, 3.63) is 17.3 Å². The van der Waals surface area contributed by atoms with Crippen LogP contribution in [0.2, 0.25) is 0 Å². The lowest BCUT2D eigenvalue weighted by molar-refractivity contribution is 0.0606. The molecule has 0 atom stereocenters. The second-order valence-electron chi connectivity index (χ2n) is 5.31. The van der Waals surface area contributed by atoms with Crippen LogP contribution in [0.4, 0.5) is 0 Å². The number of carbonyl (C=O) groups is 1. The van der Waals surface area contributed by atoms with Crippen molar-refractivity contribution in [1.29, 1.82) is 0 Å². The molecule has 5 heteroatoms. The van der Waals surface area contributed by atoms with E-state index in [9.17, 15) is 4.79 Å². The van der Waals surface area contributed by atoms with E-state index in [1.807, 2.05) is 18.7 Å². The van der Waals surface area contributed by atoms with E-state index in [1.54, 1.807) is 6.92 Å². The third-order valence-corrected chi connectivity index (χ3v) is 3.88. The molecule has 1 aromatic heterocycles. The molecule has 2 N–H and O–H groups in total. The Balaban J connectivity index is 2.13. The van der Waals surface area contributed by atoms with Crippen LogP contribution in [0.15, 0.2) is 4.42 Å². The van der Waals surface area contributed by atoms with E-state index >= 15 is 0 Å². The van der Waals surface area contributed by atoms with Crippen LogP contribution < -0.4 is 5.73 Å². The van der Waals surface area contributed by atoms with Gasteiger partial charge in [-0.05, 0) is 39.5 Å². The van der Waals surface area contributed by atoms with E-state index in [0.29, 0.717) is 29.9 Å². The third kappa shape index (κ3) is 2.97. The molecule has 2 rings (SSSR count). The molecule has 0 radical (unpaired) electrons. The van der Waals surface area contributed by atoms with E-state index in [2.05, 4.69) is 4.98 Å². The van der Waals surface area contributed by atoms with E-state index < -0.39 is 0 Å². The first kappa shape index (κ1) is 14.1. The zero-order chi connectivity index (χ0) is 14.0. The van der Waals surface area contributed by atoms with Crippen molar-refractivity contribution < 1.29 is 9.21 Å². The number of nitrogens with zero attached hydrogens (tertiary/aromatic N) is 2. The van der Waals surface area contributed by atoms with Gasteiger partial charge in [-0.25, -0.2) is 4.98 Å². The van der Waals surface area contributed by atoms with Crippen molar-refractivity contribution in [3.8, 4) is 0 Å². The molecule has 1 heterocycles. The summed E-state index contributed by atoms with van der Waals surface area (Å²) in [4.78, 5) is 18.6. The Labute approximate surface area is 114 Å². The average molecular weight is 265 g/mol. The van der Waals surface area contributed by atoms with Gasteiger partial charge in [-0.15, -0.1) is 0 Å². The third-order valence-electron chi connectivity index (χ3n) is 3.88. The maximum absolute atomic E-state index is 12.6. The van der Waals surface area contributed by atoms with Crippen molar-refractivity contribution in [3.63, 3.8) is 0 Å². The maximum atomic E-state index is 12.6. The second-order valence-corrected chi connectivity index (χ2v) is 5.31. The van der Waals surface area contributed by atoms with Gasteiger partial charge in [0.05, 0.1) is 5.69 Å². The zero-order valence-electron chi connectivity index (χ0n) is 12.0. The molecule has 5 nitrogen and oxygen atoms in total. The highest BCUT2D eigenvalue weighted by Crippen LogP contribution is 2.24. The van der Waals surface area contributed by atoms with Crippen molar-refractivity contribution in [2.75, 3.05) is 6.54 Å². The van der Waals surface area contributed by atoms with E-state index in [1.165, 1.54) is 0 Å². The lowest BCUT2D eigenvalue weighted by Gasteiger charge is -2.35. The SMILES string of the molecule is CCN(C(=O)c1oc(C)nc1C)C1CCC(N)CC1. The first-order valence-electron chi connectivity index (χ1n) is 7.03. The molecule has 1 fully saturated rings. The standard InChI is InChI=1S/C14H23N3O2/c1-4-17(12-7-5-11(15)6-8-12)14(18)13-9(2)16-10(3)19-13/h11-12H,4-8,15H2,1-3H3. The number of carbonyl (C=O) groups excluding carboxylic acids is 1. The summed E-state index contributed by atoms with van der Waals surface area (Å²) in [6.07, 6.45) is 3.94. The number of nitrogens with two attached hydrogens (primary N) is 1. The van der Waals surface area contributed by atoms with Gasteiger partial charge in [0.15, 0.2) is 5.89 Å². The summed E-state index contributed by atoms with van der Waals surface area (Å²) in [5.41, 5.74) is 6.60. The van der Waals surface area contributed by atoms with E-state index in [0.717, 1.165) is 25.7 Å². The molecule has 0 bridgehead atoms. The fraction of sp³-hybridized carbons (Fsp3) is 0.714. The van der Waals surface area contributed by atoms with Gasteiger partial charge < -0.3 is 15.1 Å². The predicted molar refractivity (Wildman–Crippen MR) is 72.9 cm³/mol. The summed E-state index contributed by atoms with van der Waals surface area (Å²) in [5, 5.41) is 0. The van der Waals surface area contributed by atoms with E-state index in [4.69, 9.17) is 10.2 Å². The number of amides is 1. The normalized spacial score (nSPS) is 23.4. The van der Waals surface area contributed by atoms with Crippen LogP contribution in [-0.4, -0.2) is 34.4 Å². The molecule has 106 valence electrons. The van der Waals surface area contributed by atoms with Crippen LogP contribution in [0, 0.1) is 13.8 Å². The number of hydrogen-bond acceptors (Lipinski definition) is 4. The minimum atomic E-state index is -0.0407. The zero-order valence-corrected chi connectivity index (χ0v) is 12.0. The Bertz CT molecular complexity index is 448. The molecule has 0 saturated heterocycles. The van der Waals surface area contributed by atoms with Gasteiger partial charge in [-0.3, -0.25) is 4.79 Å². The lowest BCUT2D eigenvalue weighted by Crippen LogP contribution is -2.44. The molecule has 19 heavy (non-hydrogen) atoms. The smallest absolute Gasteiger partial charge is 0.291 e. The highest BCUT2D eigenvalue weighted by molar-refractivity contribution is 5.92. The Morgan fingerprint density at radius 1 is 1.37 bits per heavy atom. The Morgan fingerprint density at radius 3 is 2.47 bits per heavy atom. The molecule has 1 aliphatic carbocycles. The van der Waals surface area contributed by atoms with Gasteiger partial charge in [-0.1, -0.05) is 0 Å². The predicted octanol–water partition coefficient (Wildman–Crippen LogP) is 2.02. The minimum absolute atomic E-state index is 0.0407. The van der Waals surface area contributed by atoms with Gasteiger partial charge in [-0.2, -0.15) is 0 Å². The fourth-order valence-corrected chi connectivity index (χ4v) is 2.84. The number of rotatable bonds is 3. The number of oxazole rings is 1. The van der Waals surface area contributed by atoms with Crippen LogP contribution in [0.3, 0.4) is 0 Å². The molecular weight excluding hydrogens is 242 g/mol. The van der Waals surface area contributed by atoms with Crippen LogP contribution in [0.1, 0.15) is 54.7 Å². The number of aromatic nitrogens is 1. The van der Waals surface area contributed by atoms with Gasteiger partial charge in [0.25, 0.3) is 5.91 Å². The molecule has 0 aliphatic heterocycles. The lowest BCUT2D eigenvalue weighted by atomic mass is 9.90. The molecule has 1 amide bonds. The molecule has 0 spiro atoms. The molecular formula is C14H23N3O2. The second kappa shape index (κ2) is 5.74. The summed E-state index contributed by atoms with van der Waals surface area (Å²) in [5.74, 6) is 0.887. The molecule has 1 aliphatic rings. The van der Waals surface area contributed by atoms with E-state index in [-0.39, 0.29) is 11.9 Å². The van der Waals surface area contributed by atoms with Crippen molar-refractivity contribution in [1.82, 2.24) is 9.88 Å². The maximum Gasteiger partial charge on any atom is 0.291 e. The monoisotopic (exact) mass is 265 g/mol. The van der Waals surface area contributed by atoms with Gasteiger partial charge in [0.1, 0.15) is 0 Å². The summed E-state index contributed by atoms with van der Waals surface area (Å²) < 4.78 is 5.44. The fourth-order valence-electron chi connectivity index (χ4n) is 2.84. The highest BCUT2D eigenvalue weighted by Gasteiger charge is 2.30. The van der Waals surface area contributed by atoms with Crippen LogP contribution in [0.5, 0.6) is 0 Å². The van der Waals surface area contributed by atoms with Crippen LogP contribution in [-0.2, 0) is 0 Å². The molecule has 1 saturated carbocycles. The van der Waals surface area contributed by atoms with Crippen molar-refractivity contribution >= 4 is 5.91 Å². The Morgan fingerprint density at radius 2 is 2.00 bits per heavy atom. The number of hydrogen-bond donors (Lipinski definition) is 1. The Hall–Kier alpha value is -1.36. The van der Waals surface area contributed by atoms with Gasteiger partial charge in [0, 0.05) is 25.6 Å². The van der Waals surface area contributed by atoms with Crippen molar-refractivity contribution in [2.45, 2.75) is 58.5 Å². The van der Waals surface area contributed by atoms with Crippen LogP contribution in [0.25, 0.3) is 0 Å². The van der Waals surface area contributed by atoms with Crippen LogP contribution >= 0.6 is 0 Å². The largest absolute Gasteiger partial charge is 0.436 e. The molecule has 1 aromatic rings. The Kier molecular flexibility index (Phi) is 4.24. The van der Waals surface area contributed by atoms with Gasteiger partial charge >= 0.3 is 0 Å². The summed E-state index contributed by atoms with van der Waals surface area (Å²) in [7, 11) is 0. The highest BCUT2D eigenvalue weighted by atomic mass is 16.4. The minimum Gasteiger partial charge on any atom is -0.436 e. The average Bonchev–Trinajstić information content (AvgIpc) is 2.71. The van der Waals surface area contributed by atoms with Crippen molar-refractivity contribution in [2.24, 2.45) is 5.73 Å². The number of aryl methyl sites for hydroxylation is 2. The summed E-state index contributed by atoms with van der Waals surface area (Å²) in [6, 6.07) is 0.571. The first-order valence-corrected chi connectivity index (χ1v) is 7.03. The summed E-state index contributed by atoms with van der Waals surface area (Å²) >= 11 is 0. The topological polar surface area (TPSA) is 72.4 Å². The molecule has 0 unspecified atom stereocenters. The first-order chi connectivity index (χ1) is 9.02. The molecule has 0 aromatic carbocycles. The summed E-state index contributed by atoms with van der Waals surface area (Å²) in [6.45, 7) is 6.27. The quantitative estimate of drug-likeness (QED) is 0.907.